The molecule has 2 amide bonds. The van der Waals surface area contributed by atoms with Gasteiger partial charge in [-0.15, -0.1) is 0 Å². The summed E-state index contributed by atoms with van der Waals surface area (Å²) in [6.07, 6.45) is 2.74. The number of benzene rings is 1. The van der Waals surface area contributed by atoms with Crippen LogP contribution in [0.2, 0.25) is 0 Å². The van der Waals surface area contributed by atoms with E-state index in [2.05, 4.69) is 10.6 Å². The first-order valence-electron chi connectivity index (χ1n) is 6.15. The number of aliphatic hydroxyl groups is 1. The Morgan fingerprint density at radius 1 is 1.33 bits per heavy atom. The molecule has 5 heteroatoms. The molecule has 0 saturated heterocycles. The number of aliphatic hydroxyl groups excluding tert-OH is 1. The van der Waals surface area contributed by atoms with Gasteiger partial charge in [-0.3, -0.25) is 0 Å². The quantitative estimate of drug-likeness (QED) is 0.756. The predicted octanol–water partition coefficient (Wildman–Crippen LogP) is 2.25. The summed E-state index contributed by atoms with van der Waals surface area (Å²) in [5, 5.41) is 14.7. The fraction of sp³-hybridized carbons (Fsp3) is 0.462. The maximum atomic E-state index is 13.3. The van der Waals surface area contributed by atoms with Gasteiger partial charge in [0.1, 0.15) is 5.82 Å². The fourth-order valence-electron chi connectivity index (χ4n) is 2.20. The summed E-state index contributed by atoms with van der Waals surface area (Å²) in [5.74, 6) is -0.462. The molecule has 1 aromatic carbocycles. The van der Waals surface area contributed by atoms with Crippen LogP contribution in [0.15, 0.2) is 24.3 Å². The van der Waals surface area contributed by atoms with Crippen LogP contribution in [0.25, 0.3) is 0 Å². The molecule has 3 N–H and O–H groups in total. The van der Waals surface area contributed by atoms with Gasteiger partial charge in [0.2, 0.25) is 0 Å². The molecule has 0 spiro atoms. The van der Waals surface area contributed by atoms with Crippen LogP contribution in [0.4, 0.5) is 14.9 Å². The molecule has 2 rings (SSSR count). The summed E-state index contributed by atoms with van der Waals surface area (Å²) >= 11 is 0. The Balaban J connectivity index is 1.87. The third-order valence-electron chi connectivity index (χ3n) is 3.10. The van der Waals surface area contributed by atoms with Crippen molar-refractivity contribution in [1.29, 1.82) is 0 Å². The van der Waals surface area contributed by atoms with Gasteiger partial charge in [0.25, 0.3) is 0 Å². The molecule has 0 bridgehead atoms. The van der Waals surface area contributed by atoms with E-state index in [9.17, 15) is 14.3 Å². The highest BCUT2D eigenvalue weighted by atomic mass is 19.1. The maximum Gasteiger partial charge on any atom is 0.319 e. The van der Waals surface area contributed by atoms with Crippen molar-refractivity contribution < 1.29 is 14.3 Å². The summed E-state index contributed by atoms with van der Waals surface area (Å²) in [6.45, 7) is 0. The van der Waals surface area contributed by atoms with E-state index in [0.29, 0.717) is 6.42 Å². The highest BCUT2D eigenvalue weighted by Crippen LogP contribution is 2.18. The Kier molecular flexibility index (Phi) is 4.15. The van der Waals surface area contributed by atoms with Crippen molar-refractivity contribution >= 4 is 11.7 Å². The highest BCUT2D eigenvalue weighted by Gasteiger charge is 2.21. The third-order valence-corrected chi connectivity index (χ3v) is 3.10. The van der Waals surface area contributed by atoms with Crippen molar-refractivity contribution in [3.63, 3.8) is 0 Å². The van der Waals surface area contributed by atoms with Gasteiger partial charge in [-0.05, 0) is 37.8 Å². The van der Waals surface area contributed by atoms with E-state index in [-0.39, 0.29) is 17.8 Å². The van der Waals surface area contributed by atoms with Crippen LogP contribution in [0, 0.1) is 5.82 Å². The molecule has 98 valence electrons. The second-order valence-corrected chi connectivity index (χ2v) is 4.60. The van der Waals surface area contributed by atoms with Gasteiger partial charge in [0.15, 0.2) is 0 Å². The summed E-state index contributed by atoms with van der Waals surface area (Å²) in [5.41, 5.74) is 0.159. The number of hydrogen-bond acceptors (Lipinski definition) is 2. The molecule has 0 radical (unpaired) electrons. The van der Waals surface area contributed by atoms with Crippen LogP contribution >= 0.6 is 0 Å². The van der Waals surface area contributed by atoms with Crippen molar-refractivity contribution in [2.75, 3.05) is 5.32 Å². The zero-order valence-corrected chi connectivity index (χ0v) is 10.0. The molecule has 1 saturated carbocycles. The lowest BCUT2D eigenvalue weighted by molar-refractivity contribution is 0.114. The third kappa shape index (κ3) is 3.43. The summed E-state index contributed by atoms with van der Waals surface area (Å²) in [4.78, 5) is 11.7. The van der Waals surface area contributed by atoms with Crippen LogP contribution in [0.3, 0.4) is 0 Å². The SMILES string of the molecule is O=C(Nc1ccccc1F)N[C@H]1CCC[C@@H](O)C1. The molecule has 0 aromatic heterocycles. The minimum absolute atomic E-state index is 0.0412. The van der Waals surface area contributed by atoms with Crippen molar-refractivity contribution in [2.45, 2.75) is 37.8 Å². The molecule has 1 fully saturated rings. The topological polar surface area (TPSA) is 61.4 Å². The van der Waals surface area contributed by atoms with Gasteiger partial charge in [0, 0.05) is 6.04 Å². The zero-order valence-electron chi connectivity index (χ0n) is 10.0. The number of hydrogen-bond donors (Lipinski definition) is 3. The normalized spacial score (nSPS) is 23.4. The first kappa shape index (κ1) is 12.8. The van der Waals surface area contributed by atoms with E-state index >= 15 is 0 Å². The zero-order chi connectivity index (χ0) is 13.0. The number of carbonyl (C=O) groups is 1. The molecular weight excluding hydrogens is 235 g/mol. The minimum Gasteiger partial charge on any atom is -0.393 e. The average molecular weight is 252 g/mol. The Bertz CT molecular complexity index is 425. The molecular formula is C13H17FN2O2. The van der Waals surface area contributed by atoms with E-state index in [1.165, 1.54) is 12.1 Å². The lowest BCUT2D eigenvalue weighted by Crippen LogP contribution is -2.42. The van der Waals surface area contributed by atoms with Crippen LogP contribution in [0.5, 0.6) is 0 Å². The van der Waals surface area contributed by atoms with Gasteiger partial charge in [-0.2, -0.15) is 0 Å². The smallest absolute Gasteiger partial charge is 0.319 e. The average Bonchev–Trinajstić information content (AvgIpc) is 2.32. The minimum atomic E-state index is -0.462. The Hall–Kier alpha value is -1.62. The van der Waals surface area contributed by atoms with E-state index in [1.54, 1.807) is 12.1 Å². The van der Waals surface area contributed by atoms with Gasteiger partial charge in [0.05, 0.1) is 11.8 Å². The van der Waals surface area contributed by atoms with Gasteiger partial charge in [-0.1, -0.05) is 12.1 Å². The largest absolute Gasteiger partial charge is 0.393 e. The highest BCUT2D eigenvalue weighted by molar-refractivity contribution is 5.89. The molecule has 4 nitrogen and oxygen atoms in total. The maximum absolute atomic E-state index is 13.3. The monoisotopic (exact) mass is 252 g/mol. The fourth-order valence-corrected chi connectivity index (χ4v) is 2.20. The molecule has 0 aliphatic heterocycles. The van der Waals surface area contributed by atoms with E-state index in [1.807, 2.05) is 0 Å². The van der Waals surface area contributed by atoms with Crippen molar-refractivity contribution in [3.8, 4) is 0 Å². The van der Waals surface area contributed by atoms with Gasteiger partial charge < -0.3 is 15.7 Å². The summed E-state index contributed by atoms with van der Waals surface area (Å²) < 4.78 is 13.3. The molecule has 18 heavy (non-hydrogen) atoms. The Morgan fingerprint density at radius 3 is 2.83 bits per heavy atom. The number of anilines is 1. The number of carbonyl (C=O) groups excluding carboxylic acids is 1. The molecule has 0 unspecified atom stereocenters. The van der Waals surface area contributed by atoms with Crippen LogP contribution in [-0.4, -0.2) is 23.3 Å². The number of amides is 2. The second-order valence-electron chi connectivity index (χ2n) is 4.60. The summed E-state index contributed by atoms with van der Waals surface area (Å²) in [7, 11) is 0. The standard InChI is InChI=1S/C13H17FN2O2/c14-11-6-1-2-7-12(11)16-13(18)15-9-4-3-5-10(17)8-9/h1-2,6-7,9-10,17H,3-5,8H2,(H2,15,16,18)/t9-,10+/m0/s1. The second kappa shape index (κ2) is 5.82. The molecule has 1 aliphatic rings. The first-order chi connectivity index (χ1) is 8.65. The number of rotatable bonds is 2. The number of para-hydroxylation sites is 1. The van der Waals surface area contributed by atoms with E-state index < -0.39 is 11.8 Å². The lowest BCUT2D eigenvalue weighted by Gasteiger charge is -2.26. The van der Waals surface area contributed by atoms with Crippen LogP contribution < -0.4 is 10.6 Å². The Labute approximate surface area is 105 Å². The molecule has 0 heterocycles. The van der Waals surface area contributed by atoms with Crippen molar-refractivity contribution in [1.82, 2.24) is 5.32 Å². The first-order valence-corrected chi connectivity index (χ1v) is 6.15. The summed E-state index contributed by atoms with van der Waals surface area (Å²) in [6, 6.07) is 5.54. The van der Waals surface area contributed by atoms with E-state index in [0.717, 1.165) is 19.3 Å². The molecule has 1 aliphatic carbocycles. The molecule has 1 aromatic rings. The van der Waals surface area contributed by atoms with E-state index in [4.69, 9.17) is 0 Å². The lowest BCUT2D eigenvalue weighted by atomic mass is 9.93. The van der Waals surface area contributed by atoms with Crippen molar-refractivity contribution in [3.05, 3.63) is 30.1 Å². The van der Waals surface area contributed by atoms with Gasteiger partial charge >= 0.3 is 6.03 Å². The number of halogens is 1. The van der Waals surface area contributed by atoms with Crippen LogP contribution in [-0.2, 0) is 0 Å². The van der Waals surface area contributed by atoms with Crippen LogP contribution in [0.1, 0.15) is 25.7 Å². The molecule has 2 atom stereocenters. The Morgan fingerprint density at radius 2 is 2.11 bits per heavy atom. The number of nitrogens with one attached hydrogen (secondary N) is 2. The van der Waals surface area contributed by atoms with Gasteiger partial charge in [-0.25, -0.2) is 9.18 Å². The van der Waals surface area contributed by atoms with Crippen molar-refractivity contribution in [2.24, 2.45) is 0 Å². The predicted molar refractivity (Wildman–Crippen MR) is 66.8 cm³/mol. The number of urea groups is 1.